The van der Waals surface area contributed by atoms with Crippen molar-refractivity contribution >= 4 is 0 Å². The van der Waals surface area contributed by atoms with Gasteiger partial charge in [-0.25, -0.2) is 4.98 Å². The van der Waals surface area contributed by atoms with Gasteiger partial charge in [-0.05, 0) is 54.9 Å². The second-order valence-electron chi connectivity index (χ2n) is 5.47. The van der Waals surface area contributed by atoms with Gasteiger partial charge in [0.2, 0.25) is 5.89 Å². The highest BCUT2D eigenvalue weighted by Crippen LogP contribution is 2.21. The third-order valence-corrected chi connectivity index (χ3v) is 3.70. The summed E-state index contributed by atoms with van der Waals surface area (Å²) in [7, 11) is 1.67. The summed E-state index contributed by atoms with van der Waals surface area (Å²) in [5.74, 6) is 1.66. The summed E-state index contributed by atoms with van der Waals surface area (Å²) >= 11 is 0. The number of aromatic nitrogens is 1. The van der Waals surface area contributed by atoms with Crippen molar-refractivity contribution in [3.8, 4) is 23.0 Å². The number of hydrogen-bond acceptors (Lipinski definition) is 5. The lowest BCUT2D eigenvalue weighted by Crippen LogP contribution is -2.16. The minimum Gasteiger partial charge on any atom is -0.508 e. The first-order valence-electron chi connectivity index (χ1n) is 7.82. The predicted molar refractivity (Wildman–Crippen MR) is 92.0 cm³/mol. The van der Waals surface area contributed by atoms with Crippen molar-refractivity contribution in [2.45, 2.75) is 13.0 Å². The van der Waals surface area contributed by atoms with Gasteiger partial charge in [0.05, 0.1) is 12.8 Å². The molecule has 0 amide bonds. The third-order valence-electron chi connectivity index (χ3n) is 3.70. The van der Waals surface area contributed by atoms with Crippen LogP contribution in [0.2, 0.25) is 0 Å². The van der Waals surface area contributed by atoms with E-state index >= 15 is 0 Å². The zero-order valence-corrected chi connectivity index (χ0v) is 13.5. The summed E-state index contributed by atoms with van der Waals surface area (Å²) < 4.78 is 10.7. The zero-order chi connectivity index (χ0) is 16.8. The van der Waals surface area contributed by atoms with Gasteiger partial charge in [0.25, 0.3) is 0 Å². The number of rotatable bonds is 7. The van der Waals surface area contributed by atoms with Crippen LogP contribution < -0.4 is 10.1 Å². The second-order valence-corrected chi connectivity index (χ2v) is 5.47. The molecule has 124 valence electrons. The van der Waals surface area contributed by atoms with Crippen LogP contribution in [0.15, 0.2) is 59.2 Å². The SMILES string of the molecule is COc1cccc(CCNCc2coc(-c3ccc(O)cc3)n2)c1. The van der Waals surface area contributed by atoms with Crippen molar-refractivity contribution in [1.29, 1.82) is 0 Å². The van der Waals surface area contributed by atoms with Crippen LogP contribution in [0.1, 0.15) is 11.3 Å². The second kappa shape index (κ2) is 7.66. The quantitative estimate of drug-likeness (QED) is 0.652. The molecule has 0 saturated carbocycles. The number of nitrogens with one attached hydrogen (secondary N) is 1. The summed E-state index contributed by atoms with van der Waals surface area (Å²) in [6.45, 7) is 1.49. The predicted octanol–water partition coefficient (Wildman–Crippen LogP) is 3.39. The first kappa shape index (κ1) is 16.1. The van der Waals surface area contributed by atoms with E-state index in [2.05, 4.69) is 16.4 Å². The number of methoxy groups -OCH3 is 1. The fraction of sp³-hybridized carbons (Fsp3) is 0.211. The molecule has 0 aliphatic carbocycles. The highest BCUT2D eigenvalue weighted by atomic mass is 16.5. The van der Waals surface area contributed by atoms with Crippen LogP contribution in [0, 0.1) is 0 Å². The molecule has 1 heterocycles. The van der Waals surface area contributed by atoms with Crippen LogP contribution in [-0.4, -0.2) is 23.7 Å². The molecule has 3 rings (SSSR count). The Morgan fingerprint density at radius 1 is 1.17 bits per heavy atom. The van der Waals surface area contributed by atoms with E-state index in [1.165, 1.54) is 5.56 Å². The lowest BCUT2D eigenvalue weighted by atomic mass is 10.1. The van der Waals surface area contributed by atoms with E-state index in [9.17, 15) is 5.11 Å². The zero-order valence-electron chi connectivity index (χ0n) is 13.5. The van der Waals surface area contributed by atoms with E-state index in [4.69, 9.17) is 9.15 Å². The smallest absolute Gasteiger partial charge is 0.226 e. The fourth-order valence-electron chi connectivity index (χ4n) is 2.40. The molecular weight excluding hydrogens is 304 g/mol. The summed E-state index contributed by atoms with van der Waals surface area (Å²) in [6.07, 6.45) is 2.57. The Hall–Kier alpha value is -2.79. The number of phenols is 1. The van der Waals surface area contributed by atoms with Crippen LogP contribution in [0.4, 0.5) is 0 Å². The minimum atomic E-state index is 0.227. The standard InChI is InChI=1S/C19H20N2O3/c1-23-18-4-2-3-14(11-18)9-10-20-12-16-13-24-19(21-16)15-5-7-17(22)8-6-15/h2-8,11,13,20,22H,9-10,12H2,1H3. The van der Waals surface area contributed by atoms with E-state index in [0.717, 1.165) is 30.0 Å². The van der Waals surface area contributed by atoms with E-state index in [0.29, 0.717) is 12.4 Å². The molecule has 2 N–H and O–H groups in total. The summed E-state index contributed by atoms with van der Waals surface area (Å²) in [4.78, 5) is 4.45. The summed E-state index contributed by atoms with van der Waals surface area (Å²) in [5.41, 5.74) is 2.92. The number of aromatic hydroxyl groups is 1. The average Bonchev–Trinajstić information content (AvgIpc) is 3.08. The maximum Gasteiger partial charge on any atom is 0.226 e. The molecule has 5 nitrogen and oxygen atoms in total. The van der Waals surface area contributed by atoms with Crippen molar-refractivity contribution in [2.75, 3.05) is 13.7 Å². The van der Waals surface area contributed by atoms with Gasteiger partial charge in [-0.15, -0.1) is 0 Å². The van der Waals surface area contributed by atoms with E-state index in [1.54, 1.807) is 37.6 Å². The summed E-state index contributed by atoms with van der Waals surface area (Å²) in [5, 5.41) is 12.7. The van der Waals surface area contributed by atoms with Crippen LogP contribution in [0.25, 0.3) is 11.5 Å². The van der Waals surface area contributed by atoms with Crippen molar-refractivity contribution in [3.63, 3.8) is 0 Å². The Morgan fingerprint density at radius 2 is 2.00 bits per heavy atom. The van der Waals surface area contributed by atoms with Crippen LogP contribution in [0.5, 0.6) is 11.5 Å². The first-order chi connectivity index (χ1) is 11.7. The summed E-state index contributed by atoms with van der Waals surface area (Å²) in [6, 6.07) is 14.9. The molecule has 5 heteroatoms. The Kier molecular flexibility index (Phi) is 5.13. The largest absolute Gasteiger partial charge is 0.508 e. The van der Waals surface area contributed by atoms with Crippen molar-refractivity contribution in [3.05, 3.63) is 66.1 Å². The Morgan fingerprint density at radius 3 is 2.79 bits per heavy atom. The van der Waals surface area contributed by atoms with E-state index in [1.807, 2.05) is 18.2 Å². The topological polar surface area (TPSA) is 67.5 Å². The van der Waals surface area contributed by atoms with E-state index < -0.39 is 0 Å². The maximum atomic E-state index is 9.31. The van der Waals surface area contributed by atoms with Gasteiger partial charge < -0.3 is 19.6 Å². The van der Waals surface area contributed by atoms with Gasteiger partial charge in [0.1, 0.15) is 17.8 Å². The molecule has 0 atom stereocenters. The van der Waals surface area contributed by atoms with Crippen molar-refractivity contribution in [2.24, 2.45) is 0 Å². The number of hydrogen-bond donors (Lipinski definition) is 2. The lowest BCUT2D eigenvalue weighted by molar-refractivity contribution is 0.414. The molecule has 3 aromatic rings. The molecule has 0 bridgehead atoms. The van der Waals surface area contributed by atoms with Gasteiger partial charge >= 0.3 is 0 Å². The molecule has 2 aromatic carbocycles. The number of ether oxygens (including phenoxy) is 1. The Balaban J connectivity index is 1.49. The highest BCUT2D eigenvalue weighted by molar-refractivity contribution is 5.54. The molecule has 1 aromatic heterocycles. The molecule has 0 aliphatic heterocycles. The van der Waals surface area contributed by atoms with Crippen molar-refractivity contribution < 1.29 is 14.3 Å². The van der Waals surface area contributed by atoms with E-state index in [-0.39, 0.29) is 5.75 Å². The Bertz CT molecular complexity index is 781. The number of oxazole rings is 1. The fourth-order valence-corrected chi connectivity index (χ4v) is 2.40. The lowest BCUT2D eigenvalue weighted by Gasteiger charge is -2.05. The molecular formula is C19H20N2O3. The first-order valence-corrected chi connectivity index (χ1v) is 7.82. The number of nitrogens with zero attached hydrogens (tertiary/aromatic N) is 1. The number of phenolic OH excluding ortho intramolecular Hbond substituents is 1. The average molecular weight is 324 g/mol. The van der Waals surface area contributed by atoms with Crippen LogP contribution in [-0.2, 0) is 13.0 Å². The highest BCUT2D eigenvalue weighted by Gasteiger charge is 2.06. The normalized spacial score (nSPS) is 10.7. The maximum absolute atomic E-state index is 9.31. The molecule has 0 saturated heterocycles. The molecule has 24 heavy (non-hydrogen) atoms. The van der Waals surface area contributed by atoms with Crippen molar-refractivity contribution in [1.82, 2.24) is 10.3 Å². The number of benzene rings is 2. The van der Waals surface area contributed by atoms with Gasteiger partial charge in [-0.2, -0.15) is 0 Å². The van der Waals surface area contributed by atoms with Gasteiger partial charge in [0.15, 0.2) is 0 Å². The molecule has 0 unspecified atom stereocenters. The minimum absolute atomic E-state index is 0.227. The molecule has 0 fully saturated rings. The van der Waals surface area contributed by atoms with Gasteiger partial charge in [0, 0.05) is 12.1 Å². The molecule has 0 aliphatic rings. The van der Waals surface area contributed by atoms with Crippen LogP contribution >= 0.6 is 0 Å². The molecule has 0 spiro atoms. The molecule has 0 radical (unpaired) electrons. The monoisotopic (exact) mass is 324 g/mol. The van der Waals surface area contributed by atoms with Gasteiger partial charge in [-0.3, -0.25) is 0 Å². The Labute approximate surface area is 140 Å². The van der Waals surface area contributed by atoms with Gasteiger partial charge in [-0.1, -0.05) is 12.1 Å². The van der Waals surface area contributed by atoms with Crippen LogP contribution in [0.3, 0.4) is 0 Å². The third kappa shape index (κ3) is 4.14.